The number of amides is 2. The molecule has 2 aliphatic heterocycles. The average Bonchev–Trinajstić information content (AvgIpc) is 3.01. The second-order valence-corrected chi connectivity index (χ2v) is 7.15. The maximum Gasteiger partial charge on any atom is 0.225 e. The van der Waals surface area contributed by atoms with Gasteiger partial charge in [0.1, 0.15) is 0 Å². The van der Waals surface area contributed by atoms with Gasteiger partial charge in [0.2, 0.25) is 11.8 Å². The Morgan fingerprint density at radius 3 is 2.72 bits per heavy atom. The summed E-state index contributed by atoms with van der Waals surface area (Å²) in [4.78, 5) is 26.3. The third-order valence-corrected chi connectivity index (χ3v) is 5.23. The van der Waals surface area contributed by atoms with Gasteiger partial charge in [0.15, 0.2) is 0 Å². The van der Waals surface area contributed by atoms with Gasteiger partial charge in [-0.1, -0.05) is 30.3 Å². The first kappa shape index (κ1) is 17.9. The van der Waals surface area contributed by atoms with E-state index in [4.69, 9.17) is 4.74 Å². The third-order valence-electron chi connectivity index (χ3n) is 5.23. The fourth-order valence-electron chi connectivity index (χ4n) is 3.69. The summed E-state index contributed by atoms with van der Waals surface area (Å²) in [6, 6.07) is 9.93. The first-order chi connectivity index (χ1) is 12.2. The first-order valence-electron chi connectivity index (χ1n) is 9.39. The van der Waals surface area contributed by atoms with Crippen LogP contribution in [0.4, 0.5) is 0 Å². The summed E-state index contributed by atoms with van der Waals surface area (Å²) in [6.45, 7) is 3.57. The van der Waals surface area contributed by atoms with Gasteiger partial charge in [0.25, 0.3) is 0 Å². The van der Waals surface area contributed by atoms with Crippen LogP contribution in [-0.4, -0.2) is 43.0 Å². The molecule has 1 aromatic carbocycles. The molecule has 0 bridgehead atoms. The molecular formula is C20H28N2O3. The van der Waals surface area contributed by atoms with Crippen LogP contribution in [0.1, 0.15) is 37.7 Å². The molecule has 2 fully saturated rings. The van der Waals surface area contributed by atoms with E-state index in [1.165, 1.54) is 0 Å². The molecule has 1 atom stereocenters. The van der Waals surface area contributed by atoms with Crippen molar-refractivity contribution in [2.75, 3.05) is 26.3 Å². The van der Waals surface area contributed by atoms with Gasteiger partial charge in [0.05, 0.1) is 5.92 Å². The van der Waals surface area contributed by atoms with Crippen LogP contribution in [0.15, 0.2) is 30.3 Å². The molecule has 0 radical (unpaired) electrons. The van der Waals surface area contributed by atoms with Crippen LogP contribution in [0.2, 0.25) is 0 Å². The number of rotatable bonds is 7. The number of benzene rings is 1. The van der Waals surface area contributed by atoms with Crippen LogP contribution in [0.5, 0.6) is 0 Å². The van der Waals surface area contributed by atoms with Gasteiger partial charge in [-0.25, -0.2) is 0 Å². The maximum absolute atomic E-state index is 12.3. The average molecular weight is 344 g/mol. The molecule has 1 aromatic rings. The molecule has 0 saturated carbocycles. The van der Waals surface area contributed by atoms with E-state index in [0.717, 1.165) is 50.4 Å². The monoisotopic (exact) mass is 344 g/mol. The predicted octanol–water partition coefficient (Wildman–Crippen LogP) is 2.36. The number of hydrogen-bond acceptors (Lipinski definition) is 3. The van der Waals surface area contributed by atoms with E-state index in [1.54, 1.807) is 4.90 Å². The molecule has 0 aromatic heterocycles. The van der Waals surface area contributed by atoms with Crippen molar-refractivity contribution in [3.8, 4) is 0 Å². The van der Waals surface area contributed by atoms with Crippen molar-refractivity contribution >= 4 is 11.8 Å². The zero-order chi connectivity index (χ0) is 17.5. The maximum atomic E-state index is 12.3. The molecule has 2 saturated heterocycles. The second-order valence-electron chi connectivity index (χ2n) is 7.15. The van der Waals surface area contributed by atoms with Gasteiger partial charge >= 0.3 is 0 Å². The minimum atomic E-state index is -0.209. The number of nitrogens with zero attached hydrogens (tertiary/aromatic N) is 1. The fraction of sp³-hybridized carbons (Fsp3) is 0.600. The highest BCUT2D eigenvalue weighted by atomic mass is 16.5. The molecule has 1 unspecified atom stereocenters. The summed E-state index contributed by atoms with van der Waals surface area (Å²) < 4.78 is 5.37. The van der Waals surface area contributed by atoms with Crippen LogP contribution in [0.3, 0.4) is 0 Å². The fourth-order valence-corrected chi connectivity index (χ4v) is 3.69. The zero-order valence-electron chi connectivity index (χ0n) is 14.8. The van der Waals surface area contributed by atoms with Gasteiger partial charge in [0, 0.05) is 39.3 Å². The highest BCUT2D eigenvalue weighted by Gasteiger charge is 2.33. The molecule has 2 heterocycles. The number of likely N-dealkylation sites (tertiary alicyclic amines) is 1. The van der Waals surface area contributed by atoms with Crippen molar-refractivity contribution in [1.82, 2.24) is 10.2 Å². The molecule has 1 N–H and O–H groups in total. The number of hydrogen-bond donors (Lipinski definition) is 1. The van der Waals surface area contributed by atoms with Gasteiger partial charge < -0.3 is 15.0 Å². The Bertz CT molecular complexity index is 570. The topological polar surface area (TPSA) is 58.6 Å². The van der Waals surface area contributed by atoms with Gasteiger partial charge in [-0.3, -0.25) is 9.59 Å². The van der Waals surface area contributed by atoms with Gasteiger partial charge in [-0.2, -0.15) is 0 Å². The second kappa shape index (κ2) is 8.99. The number of ether oxygens (including phenoxy) is 1. The summed E-state index contributed by atoms with van der Waals surface area (Å²) in [5.74, 6) is 0.626. The Balaban J connectivity index is 1.37. The Kier molecular flexibility index (Phi) is 6.45. The van der Waals surface area contributed by atoms with Crippen molar-refractivity contribution in [1.29, 1.82) is 0 Å². The van der Waals surface area contributed by atoms with Crippen molar-refractivity contribution in [2.45, 2.75) is 38.6 Å². The highest BCUT2D eigenvalue weighted by Crippen LogP contribution is 2.21. The van der Waals surface area contributed by atoms with Crippen molar-refractivity contribution in [3.05, 3.63) is 35.9 Å². The largest absolute Gasteiger partial charge is 0.381 e. The Labute approximate surface area is 149 Å². The summed E-state index contributed by atoms with van der Waals surface area (Å²) >= 11 is 0. The molecule has 2 amide bonds. The first-order valence-corrected chi connectivity index (χ1v) is 9.39. The minimum absolute atomic E-state index is 0.0240. The van der Waals surface area contributed by atoms with E-state index in [9.17, 15) is 9.59 Å². The zero-order valence-corrected chi connectivity index (χ0v) is 14.8. The minimum Gasteiger partial charge on any atom is -0.381 e. The van der Waals surface area contributed by atoms with Crippen LogP contribution in [-0.2, 0) is 20.9 Å². The predicted molar refractivity (Wildman–Crippen MR) is 95.8 cm³/mol. The van der Waals surface area contributed by atoms with Crippen molar-refractivity contribution in [2.24, 2.45) is 11.8 Å². The van der Waals surface area contributed by atoms with Gasteiger partial charge in [-0.15, -0.1) is 0 Å². The molecule has 136 valence electrons. The van der Waals surface area contributed by atoms with Crippen LogP contribution < -0.4 is 5.32 Å². The Morgan fingerprint density at radius 2 is 1.96 bits per heavy atom. The molecular weight excluding hydrogens is 316 g/mol. The molecule has 3 rings (SSSR count). The lowest BCUT2D eigenvalue weighted by molar-refractivity contribution is -0.129. The SMILES string of the molecule is O=C(NCCCC1CCOCC1)C1CC(=O)N(Cc2ccccc2)C1. The van der Waals surface area contributed by atoms with E-state index in [2.05, 4.69) is 5.32 Å². The summed E-state index contributed by atoms with van der Waals surface area (Å²) in [5.41, 5.74) is 1.10. The van der Waals surface area contributed by atoms with Crippen LogP contribution >= 0.6 is 0 Å². The van der Waals surface area contributed by atoms with E-state index < -0.39 is 0 Å². The molecule has 25 heavy (non-hydrogen) atoms. The lowest BCUT2D eigenvalue weighted by Crippen LogP contribution is -2.33. The van der Waals surface area contributed by atoms with E-state index in [1.807, 2.05) is 30.3 Å². The molecule has 0 spiro atoms. The van der Waals surface area contributed by atoms with Crippen LogP contribution in [0, 0.1) is 11.8 Å². The molecule has 5 heteroatoms. The summed E-state index contributed by atoms with van der Waals surface area (Å²) in [7, 11) is 0. The number of carbonyl (C=O) groups excluding carboxylic acids is 2. The van der Waals surface area contributed by atoms with E-state index in [-0.39, 0.29) is 17.7 Å². The highest BCUT2D eigenvalue weighted by molar-refractivity contribution is 5.89. The normalized spacial score (nSPS) is 21.5. The number of carbonyl (C=O) groups is 2. The summed E-state index contributed by atoms with van der Waals surface area (Å²) in [5, 5.41) is 3.02. The quantitative estimate of drug-likeness (QED) is 0.773. The smallest absolute Gasteiger partial charge is 0.225 e. The third kappa shape index (κ3) is 5.30. The number of nitrogens with one attached hydrogen (secondary N) is 1. The van der Waals surface area contributed by atoms with Crippen molar-refractivity contribution in [3.63, 3.8) is 0 Å². The standard InChI is InChI=1S/C20H28N2O3/c23-19-13-18(15-22(19)14-17-5-2-1-3-6-17)20(24)21-10-4-7-16-8-11-25-12-9-16/h1-3,5-6,16,18H,4,7-15H2,(H,21,24). The lowest BCUT2D eigenvalue weighted by Gasteiger charge is -2.22. The Hall–Kier alpha value is -1.88. The van der Waals surface area contributed by atoms with Crippen molar-refractivity contribution < 1.29 is 14.3 Å². The van der Waals surface area contributed by atoms with Gasteiger partial charge in [-0.05, 0) is 37.2 Å². The molecule has 5 nitrogen and oxygen atoms in total. The summed E-state index contributed by atoms with van der Waals surface area (Å²) in [6.07, 6.45) is 4.76. The molecule has 0 aliphatic carbocycles. The Morgan fingerprint density at radius 1 is 1.20 bits per heavy atom. The molecule has 2 aliphatic rings. The van der Waals surface area contributed by atoms with E-state index in [0.29, 0.717) is 26.1 Å². The van der Waals surface area contributed by atoms with E-state index >= 15 is 0 Å². The lowest BCUT2D eigenvalue weighted by atomic mass is 9.95. The van der Waals surface area contributed by atoms with Crippen LogP contribution in [0.25, 0.3) is 0 Å².